The van der Waals surface area contributed by atoms with Crippen molar-refractivity contribution in [3.8, 4) is 0 Å². The molecule has 4 heteroatoms. The third-order valence-electron chi connectivity index (χ3n) is 2.28. The van der Waals surface area contributed by atoms with Gasteiger partial charge in [0.2, 0.25) is 0 Å². The van der Waals surface area contributed by atoms with E-state index in [0.29, 0.717) is 5.57 Å². The molecule has 98 valence electrons. The van der Waals surface area contributed by atoms with Gasteiger partial charge in [0.1, 0.15) is 5.60 Å². The van der Waals surface area contributed by atoms with Gasteiger partial charge in [0, 0.05) is 23.2 Å². The van der Waals surface area contributed by atoms with Gasteiger partial charge >= 0.3 is 5.97 Å². The first-order chi connectivity index (χ1) is 7.53. The van der Waals surface area contributed by atoms with Crippen molar-refractivity contribution in [3.05, 3.63) is 12.2 Å². The molecule has 2 nitrogen and oxygen atoms in total. The summed E-state index contributed by atoms with van der Waals surface area (Å²) in [6, 6.07) is 1.15. The van der Waals surface area contributed by atoms with Crippen molar-refractivity contribution >= 4 is 23.6 Å². The number of hydrogen-bond acceptors (Lipinski definition) is 2. The Kier molecular flexibility index (Phi) is 6.41. The zero-order chi connectivity index (χ0) is 13.7. The van der Waals surface area contributed by atoms with Crippen LogP contribution >= 0.6 is 0 Å². The fraction of sp³-hybridized carbons (Fsp3) is 0.769. The van der Waals surface area contributed by atoms with Gasteiger partial charge in [-0.25, -0.2) is 4.79 Å². The summed E-state index contributed by atoms with van der Waals surface area (Å²) < 4.78 is 5.41. The lowest BCUT2D eigenvalue weighted by atomic mass is 10.1. The Hall–Kier alpha value is -0.356. The second-order valence-corrected chi connectivity index (χ2v) is 14.0. The molecule has 0 saturated carbocycles. The van der Waals surface area contributed by atoms with Gasteiger partial charge in [0.25, 0.3) is 0 Å². The van der Waals surface area contributed by atoms with E-state index in [2.05, 4.69) is 26.2 Å². The largest absolute Gasteiger partial charge is 0.456 e. The van der Waals surface area contributed by atoms with E-state index in [9.17, 15) is 4.79 Å². The lowest BCUT2D eigenvalue weighted by Crippen LogP contribution is -2.29. The van der Waals surface area contributed by atoms with Gasteiger partial charge in [0.15, 0.2) is 0 Å². The summed E-state index contributed by atoms with van der Waals surface area (Å²) in [5.41, 5.74) is 1.49. The van der Waals surface area contributed by atoms with Crippen molar-refractivity contribution in [3.63, 3.8) is 0 Å². The molecule has 0 fully saturated rings. The van der Waals surface area contributed by atoms with E-state index in [1.54, 1.807) is 6.92 Å². The minimum absolute atomic E-state index is 0.275. The van der Waals surface area contributed by atoms with Crippen LogP contribution in [0.5, 0.6) is 0 Å². The molecule has 0 aromatic rings. The molecule has 0 N–H and O–H groups in total. The van der Waals surface area contributed by atoms with Gasteiger partial charge in [-0.1, -0.05) is 37.9 Å². The highest BCUT2D eigenvalue weighted by Crippen LogP contribution is 2.19. The van der Waals surface area contributed by atoms with Gasteiger partial charge in [0.05, 0.1) is 0 Å². The van der Waals surface area contributed by atoms with Crippen LogP contribution in [0.15, 0.2) is 12.2 Å². The number of rotatable bonds is 7. The first kappa shape index (κ1) is 16.6. The predicted octanol–water partition coefficient (Wildman–Crippen LogP) is 3.69. The summed E-state index contributed by atoms with van der Waals surface area (Å²) in [4.78, 5) is 11.4. The number of ether oxygens (including phenoxy) is 1. The molecule has 0 bridgehead atoms. The van der Waals surface area contributed by atoms with Crippen LogP contribution in [-0.2, 0) is 9.53 Å². The molecule has 0 unspecified atom stereocenters. The molecule has 17 heavy (non-hydrogen) atoms. The third kappa shape index (κ3) is 9.35. The second kappa shape index (κ2) is 6.54. The number of hydrogen-bond donors (Lipinski definition) is 0. The topological polar surface area (TPSA) is 26.3 Å². The van der Waals surface area contributed by atoms with Crippen LogP contribution in [0.1, 0.15) is 27.2 Å². The molecule has 2 radical (unpaired) electrons. The SMILES string of the molecule is C=C(C)C(=O)OC(C)(C)CC[Si]C[Si](C)(C)C. The van der Waals surface area contributed by atoms with Gasteiger partial charge in [-0.2, -0.15) is 0 Å². The van der Waals surface area contributed by atoms with E-state index in [0.717, 1.165) is 22.0 Å². The Morgan fingerprint density at radius 1 is 1.35 bits per heavy atom. The van der Waals surface area contributed by atoms with Crippen LogP contribution in [0.3, 0.4) is 0 Å². The average Bonchev–Trinajstić information content (AvgIpc) is 2.10. The predicted molar refractivity (Wildman–Crippen MR) is 78.3 cm³/mol. The molecule has 0 amide bonds. The maximum Gasteiger partial charge on any atom is 0.333 e. The van der Waals surface area contributed by atoms with E-state index in [-0.39, 0.29) is 11.6 Å². The Labute approximate surface area is 110 Å². The number of esters is 1. The standard InChI is InChI=1S/C13H26O2Si2/c1-11(2)12(14)15-13(3,4)8-9-16-10-17(5,6)7/h1,8-10H2,2-7H3. The van der Waals surface area contributed by atoms with Crippen LogP contribution in [0.25, 0.3) is 0 Å². The molecule has 0 aromatic carbocycles. The number of carbonyl (C=O) groups is 1. The summed E-state index contributed by atoms with van der Waals surface area (Å²) in [6.07, 6.45) is 0.939. The highest BCUT2D eigenvalue weighted by atomic mass is 28.4. The highest BCUT2D eigenvalue weighted by Gasteiger charge is 2.23. The minimum Gasteiger partial charge on any atom is -0.456 e. The first-order valence-corrected chi connectivity index (χ1v) is 11.3. The smallest absolute Gasteiger partial charge is 0.333 e. The van der Waals surface area contributed by atoms with E-state index in [4.69, 9.17) is 4.74 Å². The Morgan fingerprint density at radius 3 is 2.29 bits per heavy atom. The molecule has 0 atom stereocenters. The lowest BCUT2D eigenvalue weighted by Gasteiger charge is -2.25. The second-order valence-electron chi connectivity index (χ2n) is 6.42. The summed E-state index contributed by atoms with van der Waals surface area (Å²) in [7, 11) is 0.0833. The number of carbonyl (C=O) groups excluding carboxylic acids is 1. The van der Waals surface area contributed by atoms with Gasteiger partial charge in [-0.15, -0.1) is 0 Å². The minimum atomic E-state index is -0.913. The molecular weight excluding hydrogens is 244 g/mol. The van der Waals surface area contributed by atoms with E-state index in [1.165, 1.54) is 5.67 Å². The normalized spacial score (nSPS) is 12.4. The molecule has 0 spiro atoms. The van der Waals surface area contributed by atoms with E-state index in [1.807, 2.05) is 13.8 Å². The van der Waals surface area contributed by atoms with Crippen LogP contribution in [-0.4, -0.2) is 29.2 Å². The van der Waals surface area contributed by atoms with E-state index < -0.39 is 8.07 Å². The summed E-state index contributed by atoms with van der Waals surface area (Å²) >= 11 is 0. The van der Waals surface area contributed by atoms with Crippen molar-refractivity contribution in [1.82, 2.24) is 0 Å². The fourth-order valence-corrected chi connectivity index (χ4v) is 5.73. The van der Waals surface area contributed by atoms with Gasteiger partial charge < -0.3 is 4.74 Å². The van der Waals surface area contributed by atoms with Crippen molar-refractivity contribution in [2.45, 2.75) is 64.1 Å². The van der Waals surface area contributed by atoms with Crippen molar-refractivity contribution in [2.75, 3.05) is 0 Å². The summed E-state index contributed by atoms with van der Waals surface area (Å²) in [5, 5.41) is 0. The average molecular weight is 271 g/mol. The molecule has 0 rings (SSSR count). The maximum atomic E-state index is 11.4. The highest BCUT2D eigenvalue weighted by molar-refractivity contribution is 6.83. The lowest BCUT2D eigenvalue weighted by molar-refractivity contribution is -0.151. The van der Waals surface area contributed by atoms with Crippen LogP contribution < -0.4 is 0 Å². The van der Waals surface area contributed by atoms with Crippen molar-refractivity contribution in [2.24, 2.45) is 0 Å². The summed E-state index contributed by atoms with van der Waals surface area (Å²) in [5.74, 6) is -0.275. The monoisotopic (exact) mass is 270 g/mol. The van der Waals surface area contributed by atoms with Crippen molar-refractivity contribution in [1.29, 1.82) is 0 Å². The Bertz CT molecular complexity index is 278. The maximum absolute atomic E-state index is 11.4. The van der Waals surface area contributed by atoms with Crippen LogP contribution in [0.2, 0.25) is 31.4 Å². The molecule has 0 aliphatic carbocycles. The van der Waals surface area contributed by atoms with Crippen molar-refractivity contribution < 1.29 is 9.53 Å². The molecule has 0 aliphatic rings. The third-order valence-corrected chi connectivity index (χ3v) is 8.12. The molecule has 0 aliphatic heterocycles. The van der Waals surface area contributed by atoms with Gasteiger partial charge in [-0.05, 0) is 27.2 Å². The molecular formula is C13H26O2Si2. The quantitative estimate of drug-likeness (QED) is 0.305. The van der Waals surface area contributed by atoms with Crippen LogP contribution in [0, 0.1) is 0 Å². The first-order valence-electron chi connectivity index (χ1n) is 6.13. The fourth-order valence-electron chi connectivity index (χ4n) is 1.24. The Morgan fingerprint density at radius 2 is 1.88 bits per heavy atom. The zero-order valence-corrected chi connectivity index (χ0v) is 14.1. The van der Waals surface area contributed by atoms with Gasteiger partial charge in [-0.3, -0.25) is 0 Å². The molecule has 0 heterocycles. The van der Waals surface area contributed by atoms with Crippen LogP contribution in [0.4, 0.5) is 0 Å². The molecule has 0 saturated heterocycles. The van der Waals surface area contributed by atoms with E-state index >= 15 is 0 Å². The summed E-state index contributed by atoms with van der Waals surface area (Å²) in [6.45, 7) is 16.4. The zero-order valence-electron chi connectivity index (χ0n) is 12.1. The molecule has 0 aromatic heterocycles. The Balaban J connectivity index is 3.94.